The van der Waals surface area contributed by atoms with Crippen molar-refractivity contribution in [1.29, 1.82) is 0 Å². The van der Waals surface area contributed by atoms with Crippen LogP contribution in [0.25, 0.3) is 10.2 Å². The van der Waals surface area contributed by atoms with Crippen LogP contribution in [0.1, 0.15) is 30.1 Å². The molecule has 0 spiro atoms. The predicted octanol–water partition coefficient (Wildman–Crippen LogP) is 3.84. The van der Waals surface area contributed by atoms with Crippen molar-refractivity contribution in [1.82, 2.24) is 9.97 Å². The van der Waals surface area contributed by atoms with Gasteiger partial charge in [0, 0.05) is 11.3 Å². The summed E-state index contributed by atoms with van der Waals surface area (Å²) in [7, 11) is 0. The lowest BCUT2D eigenvalue weighted by Gasteiger charge is -2.03. The molecule has 0 radical (unpaired) electrons. The molecule has 3 aromatic rings. The average Bonchev–Trinajstić information content (AvgIpc) is 2.99. The first-order chi connectivity index (χ1) is 9.63. The zero-order chi connectivity index (χ0) is 14.1. The highest BCUT2D eigenvalue weighted by Gasteiger charge is 2.12. The Morgan fingerprint density at radius 1 is 1.35 bits per heavy atom. The quantitative estimate of drug-likeness (QED) is 0.796. The van der Waals surface area contributed by atoms with E-state index in [9.17, 15) is 4.79 Å². The van der Waals surface area contributed by atoms with Crippen LogP contribution in [0.3, 0.4) is 0 Å². The maximum Gasteiger partial charge on any atom is 0.259 e. The standard InChI is InChI=1S/C15H16N2OS2/c1-9(2)6-10-8-20-15-13(10)14(18)16-12(17-15)7-11-4-3-5-19-11/h3-5,8-9H,6-7H2,1-2H3,(H,16,17,18). The fourth-order valence-electron chi connectivity index (χ4n) is 2.30. The number of hydrogen-bond acceptors (Lipinski definition) is 4. The van der Waals surface area contributed by atoms with Gasteiger partial charge < -0.3 is 4.98 Å². The van der Waals surface area contributed by atoms with Gasteiger partial charge in [-0.25, -0.2) is 4.98 Å². The summed E-state index contributed by atoms with van der Waals surface area (Å²) in [6.07, 6.45) is 1.62. The van der Waals surface area contributed by atoms with Crippen LogP contribution in [-0.4, -0.2) is 9.97 Å². The molecule has 5 heteroatoms. The lowest BCUT2D eigenvalue weighted by Crippen LogP contribution is -2.12. The first-order valence-corrected chi connectivity index (χ1v) is 8.41. The topological polar surface area (TPSA) is 45.8 Å². The molecule has 0 unspecified atom stereocenters. The fraction of sp³-hybridized carbons (Fsp3) is 0.333. The summed E-state index contributed by atoms with van der Waals surface area (Å²) in [5.41, 5.74) is 1.12. The van der Waals surface area contributed by atoms with Crippen LogP contribution in [0.4, 0.5) is 0 Å². The van der Waals surface area contributed by atoms with Gasteiger partial charge in [-0.05, 0) is 34.7 Å². The molecular formula is C15H16N2OS2. The van der Waals surface area contributed by atoms with Crippen molar-refractivity contribution in [3.8, 4) is 0 Å². The second-order valence-electron chi connectivity index (χ2n) is 5.31. The molecule has 0 fully saturated rings. The van der Waals surface area contributed by atoms with Gasteiger partial charge in [-0.3, -0.25) is 4.79 Å². The van der Waals surface area contributed by atoms with Gasteiger partial charge in [-0.15, -0.1) is 22.7 Å². The third kappa shape index (κ3) is 2.69. The highest BCUT2D eigenvalue weighted by molar-refractivity contribution is 7.16. The summed E-state index contributed by atoms with van der Waals surface area (Å²) in [6, 6.07) is 4.08. The van der Waals surface area contributed by atoms with Gasteiger partial charge in [0.2, 0.25) is 0 Å². The van der Waals surface area contributed by atoms with E-state index in [1.807, 2.05) is 11.4 Å². The van der Waals surface area contributed by atoms with E-state index >= 15 is 0 Å². The second kappa shape index (κ2) is 5.50. The molecule has 3 heterocycles. The van der Waals surface area contributed by atoms with Crippen LogP contribution >= 0.6 is 22.7 Å². The molecule has 0 aliphatic heterocycles. The van der Waals surface area contributed by atoms with E-state index in [-0.39, 0.29) is 5.56 Å². The van der Waals surface area contributed by atoms with Gasteiger partial charge in [0.25, 0.3) is 5.56 Å². The Bertz CT molecular complexity index is 769. The number of nitrogens with one attached hydrogen (secondary N) is 1. The summed E-state index contributed by atoms with van der Waals surface area (Å²) >= 11 is 3.25. The molecule has 0 saturated heterocycles. The van der Waals surface area contributed by atoms with Crippen molar-refractivity contribution in [2.75, 3.05) is 0 Å². The largest absolute Gasteiger partial charge is 0.310 e. The van der Waals surface area contributed by atoms with E-state index in [0.29, 0.717) is 12.3 Å². The number of rotatable bonds is 4. The second-order valence-corrected chi connectivity index (χ2v) is 7.20. The first kappa shape index (κ1) is 13.5. The molecule has 0 bridgehead atoms. The van der Waals surface area contributed by atoms with Gasteiger partial charge in [0.15, 0.2) is 0 Å². The molecule has 0 aliphatic carbocycles. The van der Waals surface area contributed by atoms with Crippen molar-refractivity contribution in [2.24, 2.45) is 5.92 Å². The summed E-state index contributed by atoms with van der Waals surface area (Å²) < 4.78 is 0. The lowest BCUT2D eigenvalue weighted by molar-refractivity contribution is 0.651. The molecule has 0 saturated carbocycles. The van der Waals surface area contributed by atoms with Gasteiger partial charge >= 0.3 is 0 Å². The fourth-order valence-corrected chi connectivity index (χ4v) is 3.98. The molecule has 0 aliphatic rings. The smallest absolute Gasteiger partial charge is 0.259 e. The van der Waals surface area contributed by atoms with E-state index in [4.69, 9.17) is 0 Å². The number of hydrogen-bond donors (Lipinski definition) is 1. The Kier molecular flexibility index (Phi) is 3.72. The SMILES string of the molecule is CC(C)Cc1csc2nc(Cc3cccs3)[nH]c(=O)c12. The molecule has 104 valence electrons. The number of aromatic nitrogens is 2. The summed E-state index contributed by atoms with van der Waals surface area (Å²) in [5, 5.41) is 4.89. The maximum atomic E-state index is 12.3. The van der Waals surface area contributed by atoms with E-state index < -0.39 is 0 Å². The molecule has 0 atom stereocenters. The Labute approximate surface area is 125 Å². The zero-order valence-electron chi connectivity index (χ0n) is 11.5. The number of fused-ring (bicyclic) bond motifs is 1. The number of thiophene rings is 2. The van der Waals surface area contributed by atoms with Gasteiger partial charge in [0.1, 0.15) is 10.7 Å². The van der Waals surface area contributed by atoms with Gasteiger partial charge in [0.05, 0.1) is 5.39 Å². The summed E-state index contributed by atoms with van der Waals surface area (Å²) in [6.45, 7) is 4.33. The van der Waals surface area contributed by atoms with Crippen LogP contribution in [0.5, 0.6) is 0 Å². The van der Waals surface area contributed by atoms with E-state index in [2.05, 4.69) is 35.3 Å². The third-order valence-corrected chi connectivity index (χ3v) is 4.92. The summed E-state index contributed by atoms with van der Waals surface area (Å²) in [4.78, 5) is 21.9. The van der Waals surface area contributed by atoms with Gasteiger partial charge in [-0.2, -0.15) is 0 Å². The maximum absolute atomic E-state index is 12.3. The van der Waals surface area contributed by atoms with Crippen molar-refractivity contribution >= 4 is 32.9 Å². The van der Waals surface area contributed by atoms with Crippen molar-refractivity contribution < 1.29 is 0 Å². The van der Waals surface area contributed by atoms with Crippen molar-refractivity contribution in [3.63, 3.8) is 0 Å². The van der Waals surface area contributed by atoms with Crippen molar-refractivity contribution in [2.45, 2.75) is 26.7 Å². The minimum atomic E-state index is -0.00143. The molecule has 3 rings (SSSR count). The minimum Gasteiger partial charge on any atom is -0.310 e. The molecule has 0 aromatic carbocycles. The normalized spacial score (nSPS) is 11.6. The Hall–Kier alpha value is -1.46. The minimum absolute atomic E-state index is 0.00143. The first-order valence-electron chi connectivity index (χ1n) is 6.65. The highest BCUT2D eigenvalue weighted by Crippen LogP contribution is 2.24. The molecule has 20 heavy (non-hydrogen) atoms. The monoisotopic (exact) mass is 304 g/mol. The van der Waals surface area contributed by atoms with E-state index in [0.717, 1.165) is 28.0 Å². The van der Waals surface area contributed by atoms with Crippen LogP contribution < -0.4 is 5.56 Å². The van der Waals surface area contributed by atoms with E-state index in [1.54, 1.807) is 22.7 Å². The summed E-state index contributed by atoms with van der Waals surface area (Å²) in [5.74, 6) is 1.29. The van der Waals surface area contributed by atoms with Crippen LogP contribution in [0.2, 0.25) is 0 Å². The van der Waals surface area contributed by atoms with Gasteiger partial charge in [-0.1, -0.05) is 19.9 Å². The average molecular weight is 304 g/mol. The van der Waals surface area contributed by atoms with Crippen LogP contribution in [0.15, 0.2) is 27.7 Å². The van der Waals surface area contributed by atoms with Crippen LogP contribution in [-0.2, 0) is 12.8 Å². The number of aromatic amines is 1. The molecule has 1 N–H and O–H groups in total. The van der Waals surface area contributed by atoms with Crippen LogP contribution in [0, 0.1) is 5.92 Å². The zero-order valence-corrected chi connectivity index (χ0v) is 13.1. The highest BCUT2D eigenvalue weighted by atomic mass is 32.1. The molecule has 0 amide bonds. The Morgan fingerprint density at radius 3 is 2.90 bits per heavy atom. The number of nitrogens with zero attached hydrogens (tertiary/aromatic N) is 1. The Balaban J connectivity index is 2.01. The third-order valence-electron chi connectivity index (χ3n) is 3.12. The van der Waals surface area contributed by atoms with Crippen molar-refractivity contribution in [3.05, 3.63) is 49.5 Å². The predicted molar refractivity (Wildman–Crippen MR) is 85.9 cm³/mol. The molecular weight excluding hydrogens is 288 g/mol. The lowest BCUT2D eigenvalue weighted by atomic mass is 10.0. The van der Waals surface area contributed by atoms with E-state index in [1.165, 1.54) is 4.88 Å². The molecule has 3 aromatic heterocycles. The number of H-pyrrole nitrogens is 1. The Morgan fingerprint density at radius 2 is 2.20 bits per heavy atom. The molecule has 3 nitrogen and oxygen atoms in total.